The Balaban J connectivity index is 1.76. The predicted molar refractivity (Wildman–Crippen MR) is 120 cm³/mol. The smallest absolute Gasteiger partial charge is 0.408 e. The normalized spacial score (nSPS) is 12.4. The van der Waals surface area contributed by atoms with Gasteiger partial charge in [0.15, 0.2) is 5.96 Å². The summed E-state index contributed by atoms with van der Waals surface area (Å²) in [7, 11) is 1.72. The molecule has 2 rings (SSSR count). The SMILES string of the molecule is CN=C(NCCc1ccc(-n2cccn2)cc1)NCC(C)(C)NC(=O)OC(C)(C)C. The van der Waals surface area contributed by atoms with E-state index >= 15 is 0 Å². The molecule has 8 heteroatoms. The molecule has 1 aromatic heterocycles. The number of aliphatic imine (C=N–C) groups is 1. The van der Waals surface area contributed by atoms with E-state index in [0.29, 0.717) is 12.5 Å². The van der Waals surface area contributed by atoms with Crippen molar-refractivity contribution < 1.29 is 9.53 Å². The second-order valence-electron chi connectivity index (χ2n) is 8.73. The Morgan fingerprint density at radius 3 is 2.40 bits per heavy atom. The lowest BCUT2D eigenvalue weighted by Crippen LogP contribution is -2.54. The first-order valence-corrected chi connectivity index (χ1v) is 10.1. The summed E-state index contributed by atoms with van der Waals surface area (Å²) >= 11 is 0. The predicted octanol–water partition coefficient (Wildman–Crippen LogP) is 2.88. The second kappa shape index (κ2) is 10.1. The highest BCUT2D eigenvalue weighted by atomic mass is 16.6. The Hall–Kier alpha value is -3.03. The van der Waals surface area contributed by atoms with Crippen LogP contribution in [0.5, 0.6) is 0 Å². The molecule has 0 aliphatic rings. The highest BCUT2D eigenvalue weighted by molar-refractivity contribution is 5.79. The second-order valence-corrected chi connectivity index (χ2v) is 8.73. The van der Waals surface area contributed by atoms with Gasteiger partial charge in [0.05, 0.1) is 11.2 Å². The van der Waals surface area contributed by atoms with E-state index in [4.69, 9.17) is 4.74 Å². The molecule has 0 saturated carbocycles. The molecular weight excluding hydrogens is 380 g/mol. The van der Waals surface area contributed by atoms with Gasteiger partial charge in [-0.3, -0.25) is 4.99 Å². The summed E-state index contributed by atoms with van der Waals surface area (Å²) in [6.07, 6.45) is 4.11. The molecule has 0 spiro atoms. The van der Waals surface area contributed by atoms with Crippen molar-refractivity contribution in [2.45, 2.75) is 52.2 Å². The van der Waals surface area contributed by atoms with Crippen molar-refractivity contribution in [2.24, 2.45) is 4.99 Å². The first kappa shape index (κ1) is 23.3. The fourth-order valence-electron chi connectivity index (χ4n) is 2.71. The lowest BCUT2D eigenvalue weighted by molar-refractivity contribution is 0.0474. The fraction of sp³-hybridized carbons (Fsp3) is 0.500. The van der Waals surface area contributed by atoms with Gasteiger partial charge in [-0.25, -0.2) is 9.48 Å². The Kier molecular flexibility index (Phi) is 7.86. The maximum Gasteiger partial charge on any atom is 0.408 e. The number of hydrogen-bond donors (Lipinski definition) is 3. The van der Waals surface area contributed by atoms with Crippen LogP contribution < -0.4 is 16.0 Å². The third-order valence-electron chi connectivity index (χ3n) is 4.17. The number of carbonyl (C=O) groups excluding carboxylic acids is 1. The number of hydrogen-bond acceptors (Lipinski definition) is 4. The van der Waals surface area contributed by atoms with Gasteiger partial charge >= 0.3 is 6.09 Å². The standard InChI is InChI=1S/C22H34N6O2/c1-21(2,3)30-20(29)27-22(4,5)16-25-19(23-6)24-14-12-17-8-10-18(11-9-17)28-15-7-13-26-28/h7-11,13,15H,12,14,16H2,1-6H3,(H,27,29)(H2,23,24,25). The molecule has 30 heavy (non-hydrogen) atoms. The molecule has 164 valence electrons. The minimum Gasteiger partial charge on any atom is -0.444 e. The number of aromatic nitrogens is 2. The van der Waals surface area contributed by atoms with Crippen LogP contribution in [0.3, 0.4) is 0 Å². The molecule has 0 fully saturated rings. The fourth-order valence-corrected chi connectivity index (χ4v) is 2.71. The Bertz CT molecular complexity index is 820. The molecule has 2 aromatic rings. The van der Waals surface area contributed by atoms with E-state index < -0.39 is 17.2 Å². The summed E-state index contributed by atoms with van der Waals surface area (Å²) in [4.78, 5) is 16.3. The first-order valence-electron chi connectivity index (χ1n) is 10.1. The van der Waals surface area contributed by atoms with Crippen LogP contribution in [0.4, 0.5) is 4.79 Å². The quantitative estimate of drug-likeness (QED) is 0.479. The van der Waals surface area contributed by atoms with Gasteiger partial charge in [-0.1, -0.05) is 12.1 Å². The van der Waals surface area contributed by atoms with Gasteiger partial charge in [0.2, 0.25) is 0 Å². The van der Waals surface area contributed by atoms with Gasteiger partial charge in [-0.2, -0.15) is 5.10 Å². The number of nitrogens with one attached hydrogen (secondary N) is 3. The highest BCUT2D eigenvalue weighted by Gasteiger charge is 2.24. The van der Waals surface area contributed by atoms with Crippen LogP contribution in [0.25, 0.3) is 5.69 Å². The zero-order valence-electron chi connectivity index (χ0n) is 18.8. The van der Waals surface area contributed by atoms with Gasteiger partial charge in [-0.15, -0.1) is 0 Å². The maximum absolute atomic E-state index is 12.0. The molecule has 0 atom stereocenters. The molecule has 8 nitrogen and oxygen atoms in total. The van der Waals surface area contributed by atoms with Crippen LogP contribution in [-0.4, -0.2) is 53.1 Å². The van der Waals surface area contributed by atoms with Crippen LogP contribution >= 0.6 is 0 Å². The van der Waals surface area contributed by atoms with Crippen LogP contribution in [0.1, 0.15) is 40.2 Å². The van der Waals surface area contributed by atoms with E-state index in [1.54, 1.807) is 13.2 Å². The molecule has 1 heterocycles. The summed E-state index contributed by atoms with van der Waals surface area (Å²) in [5.74, 6) is 0.683. The summed E-state index contributed by atoms with van der Waals surface area (Å²) in [5, 5.41) is 13.7. The molecule has 0 aliphatic heterocycles. The van der Waals surface area contributed by atoms with Crippen LogP contribution in [0, 0.1) is 0 Å². The Morgan fingerprint density at radius 2 is 1.83 bits per heavy atom. The average Bonchev–Trinajstić information content (AvgIpc) is 3.17. The molecule has 0 saturated heterocycles. The number of ether oxygens (including phenoxy) is 1. The molecule has 0 unspecified atom stereocenters. The molecular formula is C22H34N6O2. The van der Waals surface area contributed by atoms with Crippen molar-refractivity contribution in [3.63, 3.8) is 0 Å². The monoisotopic (exact) mass is 414 g/mol. The van der Waals surface area contributed by atoms with E-state index in [2.05, 4.69) is 50.3 Å². The molecule has 0 bridgehead atoms. The van der Waals surface area contributed by atoms with Crippen molar-refractivity contribution in [2.75, 3.05) is 20.1 Å². The third kappa shape index (κ3) is 8.14. The van der Waals surface area contributed by atoms with Crippen molar-refractivity contribution in [1.29, 1.82) is 0 Å². The minimum absolute atomic E-state index is 0.434. The van der Waals surface area contributed by atoms with E-state index in [0.717, 1.165) is 18.7 Å². The molecule has 3 N–H and O–H groups in total. The average molecular weight is 415 g/mol. The van der Waals surface area contributed by atoms with Crippen LogP contribution in [0.2, 0.25) is 0 Å². The van der Waals surface area contributed by atoms with E-state index in [-0.39, 0.29) is 0 Å². The van der Waals surface area contributed by atoms with Crippen molar-refractivity contribution in [3.05, 3.63) is 48.3 Å². The zero-order valence-corrected chi connectivity index (χ0v) is 18.8. The first-order chi connectivity index (χ1) is 14.1. The summed E-state index contributed by atoms with van der Waals surface area (Å²) < 4.78 is 7.16. The number of rotatable bonds is 7. The largest absolute Gasteiger partial charge is 0.444 e. The topological polar surface area (TPSA) is 92.6 Å². The molecule has 0 radical (unpaired) electrons. The zero-order chi connectivity index (χ0) is 22.2. The molecule has 0 aliphatic carbocycles. The maximum atomic E-state index is 12.0. The number of alkyl carbamates (subject to hydrolysis) is 1. The van der Waals surface area contributed by atoms with E-state index in [1.165, 1.54) is 5.56 Å². The molecule has 1 amide bonds. The minimum atomic E-state index is -0.526. The van der Waals surface area contributed by atoms with Crippen molar-refractivity contribution in [3.8, 4) is 5.69 Å². The van der Waals surface area contributed by atoms with E-state index in [9.17, 15) is 4.79 Å². The summed E-state index contributed by atoms with van der Waals surface area (Å²) in [5.41, 5.74) is 1.24. The number of guanidine groups is 1. The van der Waals surface area contributed by atoms with Gasteiger partial charge in [0, 0.05) is 32.5 Å². The Morgan fingerprint density at radius 1 is 1.13 bits per heavy atom. The van der Waals surface area contributed by atoms with E-state index in [1.807, 2.05) is 51.6 Å². The number of nitrogens with zero attached hydrogens (tertiary/aromatic N) is 3. The lowest BCUT2D eigenvalue weighted by Gasteiger charge is -2.29. The van der Waals surface area contributed by atoms with Gasteiger partial charge < -0.3 is 20.7 Å². The van der Waals surface area contributed by atoms with Gasteiger partial charge in [-0.05, 0) is 64.8 Å². The highest BCUT2D eigenvalue weighted by Crippen LogP contribution is 2.10. The Labute approximate surface area is 179 Å². The summed E-state index contributed by atoms with van der Waals surface area (Å²) in [6.45, 7) is 10.6. The van der Waals surface area contributed by atoms with Gasteiger partial charge in [0.1, 0.15) is 5.60 Å². The van der Waals surface area contributed by atoms with Crippen molar-refractivity contribution >= 4 is 12.1 Å². The summed E-state index contributed by atoms with van der Waals surface area (Å²) in [6, 6.07) is 10.2. The lowest BCUT2D eigenvalue weighted by atomic mass is 10.1. The number of amides is 1. The molecule has 1 aromatic carbocycles. The number of carbonyl (C=O) groups is 1. The third-order valence-corrected chi connectivity index (χ3v) is 4.17. The number of benzene rings is 1. The van der Waals surface area contributed by atoms with Crippen LogP contribution in [0.15, 0.2) is 47.7 Å². The van der Waals surface area contributed by atoms with Crippen molar-refractivity contribution in [1.82, 2.24) is 25.7 Å². The van der Waals surface area contributed by atoms with Crippen LogP contribution in [-0.2, 0) is 11.2 Å². The van der Waals surface area contributed by atoms with Gasteiger partial charge in [0.25, 0.3) is 0 Å².